The average molecular weight is 311 g/mol. The quantitative estimate of drug-likeness (QED) is 0.946. The number of anilines is 1. The summed E-state index contributed by atoms with van der Waals surface area (Å²) in [6.45, 7) is 1.21. The van der Waals surface area contributed by atoms with E-state index in [1.165, 1.54) is 6.92 Å². The van der Waals surface area contributed by atoms with Crippen molar-refractivity contribution in [2.45, 2.75) is 19.6 Å². The molecule has 2 aromatic rings. The summed E-state index contributed by atoms with van der Waals surface area (Å²) in [5.41, 5.74) is -0.742. The second-order valence-corrected chi connectivity index (χ2v) is 4.59. The molecule has 0 aliphatic carbocycles. The zero-order chi connectivity index (χ0) is 16.3. The molecule has 0 radical (unpaired) electrons. The van der Waals surface area contributed by atoms with E-state index in [0.29, 0.717) is 17.3 Å². The van der Waals surface area contributed by atoms with E-state index in [1.54, 1.807) is 24.3 Å². The molecule has 0 aliphatic rings. The number of carbonyl (C=O) groups excluding carboxylic acids is 1. The first-order valence-corrected chi connectivity index (χ1v) is 6.27. The lowest BCUT2D eigenvalue weighted by atomic mass is 10.2. The second-order valence-electron chi connectivity index (χ2n) is 4.59. The minimum atomic E-state index is -4.62. The summed E-state index contributed by atoms with van der Waals surface area (Å²) in [6.07, 6.45) is -4.62. The van der Waals surface area contributed by atoms with Crippen LogP contribution in [0.15, 0.2) is 41.2 Å². The van der Waals surface area contributed by atoms with Crippen LogP contribution in [0, 0.1) is 0 Å². The summed E-state index contributed by atoms with van der Waals surface area (Å²) < 4.78 is 38.6. The molecule has 0 aliphatic heterocycles. The molecule has 22 heavy (non-hydrogen) atoms. The lowest BCUT2D eigenvalue weighted by molar-refractivity contribution is -0.142. The molecular weight excluding hydrogens is 299 g/mol. The van der Waals surface area contributed by atoms with E-state index in [9.17, 15) is 22.8 Å². The van der Waals surface area contributed by atoms with Gasteiger partial charge in [0, 0.05) is 18.7 Å². The van der Waals surface area contributed by atoms with Crippen molar-refractivity contribution >= 4 is 11.6 Å². The molecule has 1 aromatic heterocycles. The van der Waals surface area contributed by atoms with Crippen LogP contribution in [0.5, 0.6) is 0 Å². The van der Waals surface area contributed by atoms with Crippen LogP contribution in [-0.4, -0.2) is 15.7 Å². The number of carbonyl (C=O) groups is 1. The van der Waals surface area contributed by atoms with Crippen molar-refractivity contribution in [3.8, 4) is 0 Å². The smallest absolute Gasteiger partial charge is 0.326 e. The molecule has 0 bridgehead atoms. The average Bonchev–Trinajstić information content (AvgIpc) is 2.39. The van der Waals surface area contributed by atoms with Crippen LogP contribution in [0.25, 0.3) is 0 Å². The van der Waals surface area contributed by atoms with E-state index in [1.807, 2.05) is 0 Å². The molecular formula is C14H12F3N3O2. The molecule has 116 valence electrons. The number of rotatable bonds is 3. The lowest BCUT2D eigenvalue weighted by Gasteiger charge is -2.10. The summed E-state index contributed by atoms with van der Waals surface area (Å²) in [7, 11) is 0. The normalized spacial score (nSPS) is 11.3. The van der Waals surface area contributed by atoms with Crippen molar-refractivity contribution in [2.24, 2.45) is 0 Å². The molecule has 8 heteroatoms. The Balaban J connectivity index is 2.31. The van der Waals surface area contributed by atoms with Crippen molar-refractivity contribution in [2.75, 3.05) is 5.32 Å². The molecule has 1 amide bonds. The highest BCUT2D eigenvalue weighted by Gasteiger charge is 2.33. The maximum atomic E-state index is 12.6. The van der Waals surface area contributed by atoms with E-state index >= 15 is 0 Å². The largest absolute Gasteiger partial charge is 0.435 e. The van der Waals surface area contributed by atoms with Gasteiger partial charge in [-0.25, -0.2) is 4.68 Å². The minimum Gasteiger partial charge on any atom is -0.326 e. The Labute approximate surface area is 123 Å². The summed E-state index contributed by atoms with van der Waals surface area (Å²) in [5, 5.41) is 5.88. The minimum absolute atomic E-state index is 0.129. The lowest BCUT2D eigenvalue weighted by Crippen LogP contribution is -2.26. The third kappa shape index (κ3) is 3.94. The molecule has 0 saturated heterocycles. The SMILES string of the molecule is CC(=O)Nc1cccc(Cn2nc(C(F)(F)F)ccc2=O)c1. The number of nitrogens with one attached hydrogen (secondary N) is 1. The Bertz CT molecular complexity index is 753. The Hall–Kier alpha value is -2.64. The van der Waals surface area contributed by atoms with Gasteiger partial charge in [-0.1, -0.05) is 12.1 Å². The Morgan fingerprint density at radius 1 is 1.27 bits per heavy atom. The predicted octanol–water partition coefficient (Wildman–Crippen LogP) is 2.27. The van der Waals surface area contributed by atoms with Gasteiger partial charge >= 0.3 is 6.18 Å². The van der Waals surface area contributed by atoms with E-state index in [0.717, 1.165) is 10.7 Å². The number of nitrogens with zero attached hydrogens (tertiary/aromatic N) is 2. The first-order valence-electron chi connectivity index (χ1n) is 6.27. The monoisotopic (exact) mass is 311 g/mol. The number of hydrogen-bond acceptors (Lipinski definition) is 3. The maximum absolute atomic E-state index is 12.6. The second kappa shape index (κ2) is 6.00. The third-order valence-electron chi connectivity index (χ3n) is 2.74. The van der Waals surface area contributed by atoms with E-state index < -0.39 is 17.4 Å². The van der Waals surface area contributed by atoms with Crippen LogP contribution in [0.4, 0.5) is 18.9 Å². The van der Waals surface area contributed by atoms with Gasteiger partial charge in [0.05, 0.1) is 6.54 Å². The summed E-state index contributed by atoms with van der Waals surface area (Å²) in [5.74, 6) is -0.272. The molecule has 0 saturated carbocycles. The van der Waals surface area contributed by atoms with Crippen LogP contribution < -0.4 is 10.9 Å². The van der Waals surface area contributed by atoms with Gasteiger partial charge in [0.25, 0.3) is 5.56 Å². The Kier molecular flexibility index (Phi) is 4.30. The van der Waals surface area contributed by atoms with E-state index in [-0.39, 0.29) is 12.5 Å². The number of aromatic nitrogens is 2. The van der Waals surface area contributed by atoms with Crippen LogP contribution in [-0.2, 0) is 17.5 Å². The van der Waals surface area contributed by atoms with Gasteiger partial charge in [0.15, 0.2) is 5.69 Å². The van der Waals surface area contributed by atoms with Crippen LogP contribution >= 0.6 is 0 Å². The molecule has 0 atom stereocenters. The van der Waals surface area contributed by atoms with Crippen molar-refractivity contribution < 1.29 is 18.0 Å². The predicted molar refractivity (Wildman–Crippen MR) is 73.3 cm³/mol. The van der Waals surface area contributed by atoms with Gasteiger partial charge in [0.2, 0.25) is 5.91 Å². The highest BCUT2D eigenvalue weighted by atomic mass is 19.4. The molecule has 5 nitrogen and oxygen atoms in total. The van der Waals surface area contributed by atoms with E-state index in [2.05, 4.69) is 10.4 Å². The number of benzene rings is 1. The topological polar surface area (TPSA) is 64.0 Å². The molecule has 1 N–H and O–H groups in total. The fraction of sp³-hybridized carbons (Fsp3) is 0.214. The van der Waals surface area contributed by atoms with Crippen molar-refractivity contribution in [3.05, 3.63) is 58.0 Å². The van der Waals surface area contributed by atoms with Crippen molar-refractivity contribution in [1.29, 1.82) is 0 Å². The Morgan fingerprint density at radius 3 is 2.64 bits per heavy atom. The highest BCUT2D eigenvalue weighted by Crippen LogP contribution is 2.26. The summed E-state index contributed by atoms with van der Waals surface area (Å²) >= 11 is 0. The fourth-order valence-electron chi connectivity index (χ4n) is 1.84. The molecule has 0 fully saturated rings. The van der Waals surface area contributed by atoms with Gasteiger partial charge < -0.3 is 5.32 Å². The number of halogens is 3. The number of alkyl halides is 3. The van der Waals surface area contributed by atoms with Gasteiger partial charge in [-0.15, -0.1) is 0 Å². The molecule has 1 aromatic carbocycles. The fourth-order valence-corrected chi connectivity index (χ4v) is 1.84. The number of amides is 1. The molecule has 2 rings (SSSR count). The Morgan fingerprint density at radius 2 is 2.00 bits per heavy atom. The summed E-state index contributed by atoms with van der Waals surface area (Å²) in [6, 6.07) is 7.92. The molecule has 0 unspecified atom stereocenters. The van der Waals surface area contributed by atoms with Crippen LogP contribution in [0.1, 0.15) is 18.2 Å². The standard InChI is InChI=1S/C14H12F3N3O2/c1-9(21)18-11-4-2-3-10(7-11)8-20-13(22)6-5-12(19-20)14(15,16)17/h2-7H,8H2,1H3,(H,18,21). The first-order chi connectivity index (χ1) is 10.3. The zero-order valence-corrected chi connectivity index (χ0v) is 11.5. The van der Waals surface area contributed by atoms with Gasteiger partial charge in [-0.3, -0.25) is 9.59 Å². The van der Waals surface area contributed by atoms with Gasteiger partial charge in [0.1, 0.15) is 0 Å². The highest BCUT2D eigenvalue weighted by molar-refractivity contribution is 5.88. The van der Waals surface area contributed by atoms with Crippen LogP contribution in [0.2, 0.25) is 0 Å². The zero-order valence-electron chi connectivity index (χ0n) is 11.5. The first kappa shape index (κ1) is 15.7. The number of hydrogen-bond donors (Lipinski definition) is 1. The van der Waals surface area contributed by atoms with E-state index in [4.69, 9.17) is 0 Å². The van der Waals surface area contributed by atoms with Crippen molar-refractivity contribution in [3.63, 3.8) is 0 Å². The van der Waals surface area contributed by atoms with Gasteiger partial charge in [-0.05, 0) is 23.8 Å². The maximum Gasteiger partial charge on any atom is 0.435 e. The third-order valence-corrected chi connectivity index (χ3v) is 2.74. The molecule has 1 heterocycles. The van der Waals surface area contributed by atoms with Crippen molar-refractivity contribution in [1.82, 2.24) is 9.78 Å². The van der Waals surface area contributed by atoms with Crippen LogP contribution in [0.3, 0.4) is 0 Å². The summed E-state index contributed by atoms with van der Waals surface area (Å²) in [4.78, 5) is 22.6. The van der Waals surface area contributed by atoms with Gasteiger partial charge in [-0.2, -0.15) is 18.3 Å². The molecule has 0 spiro atoms.